The molecule has 0 unspecified atom stereocenters. The fourth-order valence-electron chi connectivity index (χ4n) is 2.66. The predicted molar refractivity (Wildman–Crippen MR) is 75.9 cm³/mol. The number of aromatic nitrogens is 2. The van der Waals surface area contributed by atoms with E-state index in [-0.39, 0.29) is 12.1 Å². The van der Waals surface area contributed by atoms with E-state index in [9.17, 15) is 0 Å². The Morgan fingerprint density at radius 3 is 2.63 bits per heavy atom. The third-order valence-corrected chi connectivity index (χ3v) is 3.58. The van der Waals surface area contributed by atoms with E-state index in [4.69, 9.17) is 16.2 Å². The molecule has 3 rings (SSSR count). The first kappa shape index (κ1) is 12.0. The van der Waals surface area contributed by atoms with Gasteiger partial charge in [0.25, 0.3) is 0 Å². The van der Waals surface area contributed by atoms with Crippen LogP contribution in [-0.4, -0.2) is 16.1 Å². The zero-order chi connectivity index (χ0) is 13.2. The second-order valence-electron chi connectivity index (χ2n) is 5.00. The molecule has 1 aromatic carbocycles. The Kier molecular flexibility index (Phi) is 3.11. The molecule has 0 atom stereocenters. The minimum absolute atomic E-state index is 0.194. The quantitative estimate of drug-likeness (QED) is 0.864. The van der Waals surface area contributed by atoms with Gasteiger partial charge in [-0.25, -0.2) is 4.98 Å². The van der Waals surface area contributed by atoms with E-state index in [0.717, 1.165) is 29.5 Å². The number of hydrogen-bond acceptors (Lipinski definition) is 5. The van der Waals surface area contributed by atoms with Crippen molar-refractivity contribution in [3.63, 3.8) is 0 Å². The highest BCUT2D eigenvalue weighted by Gasteiger charge is 2.17. The van der Waals surface area contributed by atoms with E-state index in [1.165, 1.54) is 19.3 Å². The topological polar surface area (TPSA) is 87.0 Å². The van der Waals surface area contributed by atoms with Crippen LogP contribution in [0.4, 0.5) is 11.8 Å². The van der Waals surface area contributed by atoms with Crippen LogP contribution in [0.3, 0.4) is 0 Å². The van der Waals surface area contributed by atoms with E-state index in [0.29, 0.717) is 5.82 Å². The van der Waals surface area contributed by atoms with Gasteiger partial charge >= 0.3 is 0 Å². The summed E-state index contributed by atoms with van der Waals surface area (Å²) in [6.45, 7) is 0. The SMILES string of the molecule is Nc1nc(N)c2c(OC3CCCCC3)cccc2n1. The standard InChI is InChI=1S/C14H18N4O/c15-13-12-10(17-14(16)18-13)7-4-8-11(12)19-9-5-2-1-3-6-9/h4,7-9H,1-3,5-6H2,(H4,15,16,17,18). The summed E-state index contributed by atoms with van der Waals surface area (Å²) in [4.78, 5) is 8.22. The summed E-state index contributed by atoms with van der Waals surface area (Å²) in [5.74, 6) is 1.34. The molecule has 1 fully saturated rings. The number of rotatable bonds is 2. The normalized spacial score (nSPS) is 16.6. The van der Waals surface area contributed by atoms with Gasteiger partial charge in [-0.3, -0.25) is 0 Å². The molecule has 0 aliphatic heterocycles. The zero-order valence-electron chi connectivity index (χ0n) is 10.8. The van der Waals surface area contributed by atoms with Gasteiger partial charge in [-0.15, -0.1) is 0 Å². The van der Waals surface area contributed by atoms with Crippen LogP contribution in [0, 0.1) is 0 Å². The van der Waals surface area contributed by atoms with Crippen molar-refractivity contribution >= 4 is 22.7 Å². The first-order chi connectivity index (χ1) is 9.24. The summed E-state index contributed by atoms with van der Waals surface area (Å²) in [5, 5.41) is 0.766. The van der Waals surface area contributed by atoms with Crippen molar-refractivity contribution in [3.05, 3.63) is 18.2 Å². The molecule has 5 heteroatoms. The second kappa shape index (κ2) is 4.91. The summed E-state index contributed by atoms with van der Waals surface area (Å²) >= 11 is 0. The number of benzene rings is 1. The summed E-state index contributed by atoms with van der Waals surface area (Å²) in [7, 11) is 0. The van der Waals surface area contributed by atoms with Crippen molar-refractivity contribution in [1.29, 1.82) is 0 Å². The molecule has 2 aromatic rings. The van der Waals surface area contributed by atoms with Crippen LogP contribution in [0.15, 0.2) is 18.2 Å². The molecule has 100 valence electrons. The van der Waals surface area contributed by atoms with Gasteiger partial charge < -0.3 is 16.2 Å². The molecule has 1 aromatic heterocycles. The molecule has 4 N–H and O–H groups in total. The van der Waals surface area contributed by atoms with Crippen LogP contribution in [0.2, 0.25) is 0 Å². The number of fused-ring (bicyclic) bond motifs is 1. The fraction of sp³-hybridized carbons (Fsp3) is 0.429. The average Bonchev–Trinajstić information content (AvgIpc) is 2.39. The number of nitrogen functional groups attached to an aromatic ring is 2. The molecule has 1 aliphatic rings. The Balaban J connectivity index is 1.98. The molecular weight excluding hydrogens is 240 g/mol. The molecule has 0 spiro atoms. The van der Waals surface area contributed by atoms with Gasteiger partial charge in [-0.1, -0.05) is 12.5 Å². The highest BCUT2D eigenvalue weighted by molar-refractivity contribution is 5.94. The largest absolute Gasteiger partial charge is 0.490 e. The zero-order valence-corrected chi connectivity index (χ0v) is 10.8. The Hall–Kier alpha value is -2.04. The van der Waals surface area contributed by atoms with Crippen LogP contribution in [0.5, 0.6) is 5.75 Å². The smallest absolute Gasteiger partial charge is 0.222 e. The highest BCUT2D eigenvalue weighted by atomic mass is 16.5. The van der Waals surface area contributed by atoms with Gasteiger partial charge in [0.2, 0.25) is 5.95 Å². The Morgan fingerprint density at radius 1 is 1.05 bits per heavy atom. The van der Waals surface area contributed by atoms with Gasteiger partial charge in [-0.05, 0) is 37.8 Å². The van der Waals surface area contributed by atoms with Crippen LogP contribution < -0.4 is 16.2 Å². The van der Waals surface area contributed by atoms with Crippen LogP contribution >= 0.6 is 0 Å². The Labute approximate surface area is 112 Å². The summed E-state index contributed by atoms with van der Waals surface area (Å²) < 4.78 is 6.09. The van der Waals surface area contributed by atoms with Crippen molar-refractivity contribution in [2.24, 2.45) is 0 Å². The first-order valence-corrected chi connectivity index (χ1v) is 6.72. The lowest BCUT2D eigenvalue weighted by atomic mass is 9.98. The van der Waals surface area contributed by atoms with Crippen molar-refractivity contribution < 1.29 is 4.74 Å². The summed E-state index contributed by atoms with van der Waals surface area (Å²) in [6, 6.07) is 5.71. The maximum atomic E-state index is 6.09. The lowest BCUT2D eigenvalue weighted by molar-refractivity contribution is 0.157. The molecular formula is C14H18N4O. The Bertz CT molecular complexity index is 593. The number of anilines is 2. The van der Waals surface area contributed by atoms with Gasteiger partial charge in [0.15, 0.2) is 0 Å². The third kappa shape index (κ3) is 2.41. The molecule has 0 amide bonds. The second-order valence-corrected chi connectivity index (χ2v) is 5.00. The van der Waals surface area contributed by atoms with Crippen molar-refractivity contribution in [2.75, 3.05) is 11.5 Å². The molecule has 0 radical (unpaired) electrons. The fourth-order valence-corrected chi connectivity index (χ4v) is 2.66. The lowest BCUT2D eigenvalue weighted by Crippen LogP contribution is -2.20. The van der Waals surface area contributed by atoms with Crippen LogP contribution in [0.1, 0.15) is 32.1 Å². The number of nitrogens with two attached hydrogens (primary N) is 2. The molecule has 0 saturated heterocycles. The van der Waals surface area contributed by atoms with E-state index in [2.05, 4.69) is 9.97 Å². The van der Waals surface area contributed by atoms with E-state index < -0.39 is 0 Å². The summed E-state index contributed by atoms with van der Waals surface area (Å²) in [5.41, 5.74) is 12.3. The van der Waals surface area contributed by atoms with Crippen molar-refractivity contribution in [3.8, 4) is 5.75 Å². The van der Waals surface area contributed by atoms with Gasteiger partial charge in [0, 0.05) is 0 Å². The molecule has 1 heterocycles. The average molecular weight is 258 g/mol. The third-order valence-electron chi connectivity index (χ3n) is 3.58. The van der Waals surface area contributed by atoms with Crippen molar-refractivity contribution in [2.45, 2.75) is 38.2 Å². The van der Waals surface area contributed by atoms with Crippen LogP contribution in [0.25, 0.3) is 10.9 Å². The van der Waals surface area contributed by atoms with Gasteiger partial charge in [0.1, 0.15) is 11.6 Å². The Morgan fingerprint density at radius 2 is 1.84 bits per heavy atom. The van der Waals surface area contributed by atoms with E-state index >= 15 is 0 Å². The maximum absolute atomic E-state index is 6.09. The monoisotopic (exact) mass is 258 g/mol. The number of hydrogen-bond donors (Lipinski definition) is 2. The molecule has 1 aliphatic carbocycles. The minimum Gasteiger partial charge on any atom is -0.490 e. The van der Waals surface area contributed by atoms with E-state index in [1.807, 2.05) is 18.2 Å². The molecule has 5 nitrogen and oxygen atoms in total. The van der Waals surface area contributed by atoms with Gasteiger partial charge in [0.05, 0.1) is 17.0 Å². The first-order valence-electron chi connectivity index (χ1n) is 6.72. The molecule has 1 saturated carbocycles. The number of nitrogens with zero attached hydrogens (tertiary/aromatic N) is 2. The van der Waals surface area contributed by atoms with Crippen molar-refractivity contribution in [1.82, 2.24) is 9.97 Å². The molecule has 0 bridgehead atoms. The maximum Gasteiger partial charge on any atom is 0.222 e. The predicted octanol–water partition coefficient (Wildman–Crippen LogP) is 2.51. The number of ether oxygens (including phenoxy) is 1. The van der Waals surface area contributed by atoms with Crippen LogP contribution in [-0.2, 0) is 0 Å². The highest BCUT2D eigenvalue weighted by Crippen LogP contribution is 2.32. The van der Waals surface area contributed by atoms with Gasteiger partial charge in [-0.2, -0.15) is 4.98 Å². The molecule has 19 heavy (non-hydrogen) atoms. The van der Waals surface area contributed by atoms with E-state index in [1.54, 1.807) is 0 Å². The lowest BCUT2D eigenvalue weighted by Gasteiger charge is -2.23. The summed E-state index contributed by atoms with van der Waals surface area (Å²) in [6.07, 6.45) is 6.24. The minimum atomic E-state index is 0.194.